The number of methoxy groups -OCH3 is 3. The molecule has 21 rings (SSSR count). The Hall–Kier alpha value is -12.9. The van der Waals surface area contributed by atoms with Crippen LogP contribution in [0.2, 0.25) is 0 Å². The van der Waals surface area contributed by atoms with Gasteiger partial charge in [-0.3, -0.25) is 14.7 Å². The number of anilines is 2. The molecule has 4 N–H and O–H groups in total. The number of fused-ring (bicyclic) bond motifs is 3. The van der Waals surface area contributed by atoms with Crippen molar-refractivity contribution in [3.05, 3.63) is 216 Å². The molecule has 12 aromatic heterocycles. The SMILES string of the molecule is COC1CN(C2CCC[C@@H]2N)C1.COC1CN([C@@H]2CCC[C@@H]2Nc2ncc(C(F)(F)F)c(-c3cn(S(=O)(=O)c4ccccc4)c4nc(-c5c(C)noc5C)ccc34)n2)C1.COC1CN([C@H]2CCC[C@@H]2Nc2ncc(C(F)(F)F)c(-c3cn(S(=O)(=O)c4ccccc4)c4nc(-c5c(C)noc5C)ccc34)n2)C1.Cc1noc(C)c1-c1ccc2c(-c3nc(S(C)(=O)=O)ncc3C(F)(F)F)cn(S(=O)(=O)c3ccccc3)c2n1. The molecule has 1 unspecified atom stereocenters. The van der Waals surface area contributed by atoms with Crippen molar-refractivity contribution in [3.63, 3.8) is 0 Å². The fourth-order valence-electron chi connectivity index (χ4n) is 19.6. The van der Waals surface area contributed by atoms with E-state index in [2.05, 4.69) is 85.7 Å². The number of nitrogens with two attached hydrogens (primary N) is 1. The van der Waals surface area contributed by atoms with Crippen LogP contribution in [0.25, 0.3) is 101 Å². The van der Waals surface area contributed by atoms with Crippen LogP contribution >= 0.6 is 0 Å². The average molecular weight is 2080 g/mol. The number of aromatic nitrogens is 15. The van der Waals surface area contributed by atoms with E-state index in [0.29, 0.717) is 86.8 Å². The third-order valence-corrected chi connectivity index (χ3v) is 33.0. The highest BCUT2D eigenvalue weighted by Crippen LogP contribution is 2.47. The summed E-state index contributed by atoms with van der Waals surface area (Å²) in [4.78, 5) is 44.7. The number of hydrogen-bond acceptors (Lipinski definition) is 32. The van der Waals surface area contributed by atoms with Crippen LogP contribution in [0.3, 0.4) is 0 Å². The molecule has 3 saturated heterocycles. The molecule has 0 amide bonds. The van der Waals surface area contributed by atoms with Crippen molar-refractivity contribution in [1.82, 2.24) is 86.9 Å². The number of hydrogen-bond donors (Lipinski definition) is 3. The van der Waals surface area contributed by atoms with Crippen LogP contribution < -0.4 is 16.4 Å². The smallest absolute Gasteiger partial charge is 0.379 e. The first-order chi connectivity index (χ1) is 68.9. The number of rotatable bonds is 23. The second kappa shape index (κ2) is 40.1. The van der Waals surface area contributed by atoms with Gasteiger partial charge in [-0.05, 0) is 166 Å². The maximum Gasteiger partial charge on any atom is 0.419 e. The van der Waals surface area contributed by atoms with Crippen LogP contribution in [0, 0.1) is 41.5 Å². The van der Waals surface area contributed by atoms with Gasteiger partial charge >= 0.3 is 18.5 Å². The van der Waals surface area contributed by atoms with Gasteiger partial charge in [0.15, 0.2) is 16.9 Å². The van der Waals surface area contributed by atoms with Crippen LogP contribution in [-0.2, 0) is 72.6 Å². The molecule has 3 aliphatic heterocycles. The minimum absolute atomic E-state index is 0.0198. The van der Waals surface area contributed by atoms with E-state index in [-0.39, 0.29) is 118 Å². The number of likely N-dealkylation sites (tertiary alicyclic amines) is 3. The molecule has 3 aliphatic carbocycles. The normalized spacial score (nSPS) is 19.2. The molecule has 145 heavy (non-hydrogen) atoms. The van der Waals surface area contributed by atoms with Crippen molar-refractivity contribution in [3.8, 4) is 67.5 Å². The summed E-state index contributed by atoms with van der Waals surface area (Å²) in [6, 6.07) is 32.9. The summed E-state index contributed by atoms with van der Waals surface area (Å²) in [6.45, 7) is 15.5. The van der Waals surface area contributed by atoms with Crippen molar-refractivity contribution in [1.29, 1.82) is 0 Å². The first-order valence-corrected chi connectivity index (χ1v) is 52.5. The lowest BCUT2D eigenvalue weighted by Crippen LogP contribution is -2.59. The summed E-state index contributed by atoms with van der Waals surface area (Å²) in [5, 5.41) is 17.8. The summed E-state index contributed by atoms with van der Waals surface area (Å²) < 4.78 is 271. The van der Waals surface area contributed by atoms with Gasteiger partial charge in [-0.15, -0.1) is 0 Å². The molecule has 48 heteroatoms. The standard InChI is InChI=1S/2C32H32F3N7O4S.C24H18F3N5O5S2.C9H18N2O/c2*1-18-28(19(2)46-40-18)26-13-12-22-23(17-42(30(22)37-26)47(43,44)21-8-5-4-6-9-21)29-24(32(33,34)35)14-36-31(39-29)38-25-10-7-11-27(25)41-15-20(16-41)45-3;1-13-20(14(2)37-31-13)19-10-9-16-17(21-18(24(25,26)27)11-28-23(30-21)38(3,33)34)12-32(22(16)29-19)39(35,36)15-7-5-4-6-8-15;1-12-7-5-11(6-7)9-4-2-3-8(9)10/h2*4-6,8-9,12-14,17,20,25,27H,7,10-11,15-16H2,1-3H3,(H,36,38,39);4-12H,1-3H3;7-9H,2-6,10H2,1H3/t25-,27+;25-,27-;;8-,9?/m00.0/s1. The molecule has 35 nitrogen and oxygen atoms in total. The lowest BCUT2D eigenvalue weighted by atomic mass is 10.0. The quantitative estimate of drug-likeness (QED) is 0.0395. The molecule has 764 valence electrons. The monoisotopic (exact) mass is 2080 g/mol. The van der Waals surface area contributed by atoms with Crippen molar-refractivity contribution in [2.24, 2.45) is 5.73 Å². The van der Waals surface area contributed by atoms with E-state index in [1.807, 2.05) is 0 Å². The van der Waals surface area contributed by atoms with Crippen molar-refractivity contribution >= 4 is 84.9 Å². The Morgan fingerprint density at radius 3 is 0.959 bits per heavy atom. The molecule has 0 spiro atoms. The Labute approximate surface area is 826 Å². The van der Waals surface area contributed by atoms with E-state index in [0.717, 1.165) is 127 Å². The zero-order chi connectivity index (χ0) is 103. The highest BCUT2D eigenvalue weighted by molar-refractivity contribution is 7.91. The molecule has 6 fully saturated rings. The second-order valence-corrected chi connectivity index (χ2v) is 43.8. The summed E-state index contributed by atoms with van der Waals surface area (Å²) >= 11 is 0. The van der Waals surface area contributed by atoms with E-state index in [1.54, 1.807) is 130 Å². The summed E-state index contributed by atoms with van der Waals surface area (Å²) in [5.41, 5.74) is 4.13. The minimum atomic E-state index is -4.98. The lowest BCUT2D eigenvalue weighted by molar-refractivity contribution is -0.138. The maximum absolute atomic E-state index is 14.5. The largest absolute Gasteiger partial charge is 0.419 e. The van der Waals surface area contributed by atoms with Gasteiger partial charge < -0.3 is 44.1 Å². The summed E-state index contributed by atoms with van der Waals surface area (Å²) in [7, 11) is -11.9. The number of nitrogens with zero attached hydrogens (tertiary/aromatic N) is 18. The molecule has 0 radical (unpaired) electrons. The maximum atomic E-state index is 14.5. The van der Waals surface area contributed by atoms with Crippen molar-refractivity contribution in [2.45, 2.75) is 192 Å². The van der Waals surface area contributed by atoms with Gasteiger partial charge in [-0.25, -0.2) is 90.4 Å². The predicted octanol–water partition coefficient (Wildman–Crippen LogP) is 16.0. The third-order valence-electron chi connectivity index (χ3n) is 27.1. The molecule has 6 atom stereocenters. The zero-order valence-electron chi connectivity index (χ0n) is 79.8. The van der Waals surface area contributed by atoms with E-state index < -0.39 is 97.4 Å². The first-order valence-electron chi connectivity index (χ1n) is 46.3. The predicted molar refractivity (Wildman–Crippen MR) is 515 cm³/mol. The van der Waals surface area contributed by atoms with Gasteiger partial charge in [-0.2, -0.15) is 39.5 Å². The highest BCUT2D eigenvalue weighted by Gasteiger charge is 2.46. The molecule has 15 aromatic rings. The Morgan fingerprint density at radius 1 is 0.379 bits per heavy atom. The molecule has 0 bridgehead atoms. The Morgan fingerprint density at radius 2 is 0.676 bits per heavy atom. The number of aryl methyl sites for hydroxylation is 6. The van der Waals surface area contributed by atoms with Crippen LogP contribution in [0.4, 0.5) is 51.4 Å². The molecule has 3 saturated carbocycles. The number of ether oxygens (including phenoxy) is 3. The van der Waals surface area contributed by atoms with E-state index in [9.17, 15) is 73.2 Å². The average Bonchev–Trinajstić information content (AvgIpc) is 1.59. The summed E-state index contributed by atoms with van der Waals surface area (Å²) in [6.07, 6.45) is 1.23. The molecular weight excluding hydrogens is 1980 g/mol. The molecular formula is C97H100F9N21O14S4. The molecule has 6 aliphatic rings. The third kappa shape index (κ3) is 20.3. The van der Waals surface area contributed by atoms with E-state index in [1.165, 1.54) is 79.9 Å². The fourth-order valence-corrected chi connectivity index (χ4v) is 24.1. The number of benzene rings is 3. The topological polar surface area (TPSA) is 433 Å². The number of nitrogens with one attached hydrogen (secondary N) is 2. The van der Waals surface area contributed by atoms with Crippen LogP contribution in [0.5, 0.6) is 0 Å². The Bertz CT molecular complexity index is 7500. The number of sulfone groups is 1. The zero-order valence-corrected chi connectivity index (χ0v) is 83.0. The number of halogens is 9. The first kappa shape index (κ1) is 102. The van der Waals surface area contributed by atoms with Crippen molar-refractivity contribution < 1.29 is 101 Å². The molecule has 15 heterocycles. The number of alkyl halides is 9. The van der Waals surface area contributed by atoms with Gasteiger partial charge in [0, 0.05) is 173 Å². The van der Waals surface area contributed by atoms with E-state index >= 15 is 0 Å². The highest BCUT2D eigenvalue weighted by atomic mass is 32.2. The van der Waals surface area contributed by atoms with Crippen LogP contribution in [0.15, 0.2) is 198 Å². The number of pyridine rings is 3. The lowest BCUT2D eigenvalue weighted by Gasteiger charge is -2.44. The fraction of sp³-hybridized carbons (Fsp3) is 0.381. The van der Waals surface area contributed by atoms with Crippen molar-refractivity contribution in [2.75, 3.05) is 77.5 Å². The van der Waals surface area contributed by atoms with Gasteiger partial charge in [0.1, 0.15) is 34.0 Å². The molecule has 3 aromatic carbocycles. The van der Waals surface area contributed by atoms with Crippen LogP contribution in [-0.4, -0.2) is 242 Å². The van der Waals surface area contributed by atoms with Gasteiger partial charge in [0.2, 0.25) is 26.9 Å². The Balaban J connectivity index is 0.000000135. The van der Waals surface area contributed by atoms with Crippen LogP contribution in [0.1, 0.15) is 109 Å². The summed E-state index contributed by atoms with van der Waals surface area (Å²) in [5.74, 6) is 1.38. The second-order valence-electron chi connectivity index (χ2n) is 36.5. The van der Waals surface area contributed by atoms with E-state index in [4.69, 9.17) is 33.5 Å². The van der Waals surface area contributed by atoms with Gasteiger partial charge in [0.25, 0.3) is 30.1 Å². The minimum Gasteiger partial charge on any atom is -0.379 e. The van der Waals surface area contributed by atoms with Gasteiger partial charge in [-0.1, -0.05) is 76.5 Å². The van der Waals surface area contributed by atoms with Gasteiger partial charge in [0.05, 0.1) is 101 Å². The Kier molecular flexibility index (Phi) is 28.3.